The van der Waals surface area contributed by atoms with Crippen molar-refractivity contribution in [1.82, 2.24) is 4.98 Å². The lowest BCUT2D eigenvalue weighted by molar-refractivity contribution is -0.137. The molecule has 0 atom stereocenters. The Kier molecular flexibility index (Phi) is 4.52. The number of hydrogen-bond donors (Lipinski definition) is 1. The number of nitrogens with zero attached hydrogens (tertiary/aromatic N) is 1. The predicted octanol–water partition coefficient (Wildman–Crippen LogP) is 5.02. The summed E-state index contributed by atoms with van der Waals surface area (Å²) in [5.41, 5.74) is 1.45. The fourth-order valence-electron chi connectivity index (χ4n) is 2.31. The van der Waals surface area contributed by atoms with E-state index in [1.54, 1.807) is 30.3 Å². The zero-order valence-electron chi connectivity index (χ0n) is 12.9. The number of halogens is 3. The van der Waals surface area contributed by atoms with Crippen LogP contribution in [0, 0.1) is 0 Å². The molecule has 0 spiro atoms. The zero-order valence-corrected chi connectivity index (χ0v) is 12.9. The maximum Gasteiger partial charge on any atom is 0.416 e. The van der Waals surface area contributed by atoms with Gasteiger partial charge in [-0.15, -0.1) is 0 Å². The number of hydrogen-bond acceptors (Lipinski definition) is 2. The molecule has 3 aromatic rings. The van der Waals surface area contributed by atoms with Gasteiger partial charge < -0.3 is 5.32 Å². The number of nitrogens with one attached hydrogen (secondary N) is 1. The Bertz CT molecular complexity index is 875. The Morgan fingerprint density at radius 1 is 0.880 bits per heavy atom. The van der Waals surface area contributed by atoms with Crippen molar-refractivity contribution >= 4 is 11.6 Å². The number of carbonyl (C=O) groups is 1. The van der Waals surface area contributed by atoms with Crippen LogP contribution >= 0.6 is 0 Å². The number of anilines is 1. The van der Waals surface area contributed by atoms with Gasteiger partial charge in [-0.3, -0.25) is 9.78 Å². The van der Waals surface area contributed by atoms with E-state index >= 15 is 0 Å². The molecule has 126 valence electrons. The fourth-order valence-corrected chi connectivity index (χ4v) is 2.31. The monoisotopic (exact) mass is 342 g/mol. The van der Waals surface area contributed by atoms with Crippen molar-refractivity contribution in [3.05, 3.63) is 84.2 Å². The van der Waals surface area contributed by atoms with Gasteiger partial charge in [0.15, 0.2) is 0 Å². The van der Waals surface area contributed by atoms with Crippen molar-refractivity contribution in [1.29, 1.82) is 0 Å². The third-order valence-electron chi connectivity index (χ3n) is 3.58. The first-order valence-corrected chi connectivity index (χ1v) is 7.42. The summed E-state index contributed by atoms with van der Waals surface area (Å²) < 4.78 is 37.9. The lowest BCUT2D eigenvalue weighted by Crippen LogP contribution is -2.11. The Hall–Kier alpha value is -3.15. The number of pyridine rings is 1. The lowest BCUT2D eigenvalue weighted by Gasteiger charge is -2.09. The molecular weight excluding hydrogens is 329 g/mol. The second-order valence-corrected chi connectivity index (χ2v) is 5.36. The van der Waals surface area contributed by atoms with E-state index in [-0.39, 0.29) is 5.91 Å². The van der Waals surface area contributed by atoms with Crippen LogP contribution in [0.4, 0.5) is 18.9 Å². The molecule has 1 N–H and O–H groups in total. The van der Waals surface area contributed by atoms with Crippen LogP contribution in [-0.2, 0) is 6.18 Å². The summed E-state index contributed by atoms with van der Waals surface area (Å²) in [7, 11) is 0. The molecule has 0 bridgehead atoms. The highest BCUT2D eigenvalue weighted by Crippen LogP contribution is 2.31. The first-order valence-electron chi connectivity index (χ1n) is 7.42. The van der Waals surface area contributed by atoms with Crippen LogP contribution in [0.3, 0.4) is 0 Å². The van der Waals surface area contributed by atoms with Crippen molar-refractivity contribution in [3.63, 3.8) is 0 Å². The minimum Gasteiger partial charge on any atom is -0.321 e. The van der Waals surface area contributed by atoms with E-state index in [2.05, 4.69) is 10.3 Å². The van der Waals surface area contributed by atoms with Crippen LogP contribution in [0.2, 0.25) is 0 Å². The number of benzene rings is 2. The lowest BCUT2D eigenvalue weighted by atomic mass is 10.1. The Labute approximate surface area is 142 Å². The quantitative estimate of drug-likeness (QED) is 0.726. The van der Waals surface area contributed by atoms with E-state index in [1.165, 1.54) is 24.5 Å². The topological polar surface area (TPSA) is 42.0 Å². The smallest absolute Gasteiger partial charge is 0.321 e. The molecule has 1 aromatic heterocycles. The molecule has 3 rings (SSSR count). The van der Waals surface area contributed by atoms with Crippen LogP contribution in [0.1, 0.15) is 15.9 Å². The Morgan fingerprint density at radius 3 is 2.20 bits per heavy atom. The summed E-state index contributed by atoms with van der Waals surface area (Å²) in [5, 5.41) is 2.72. The number of alkyl halides is 3. The average molecular weight is 342 g/mol. The third kappa shape index (κ3) is 4.03. The molecule has 0 radical (unpaired) electrons. The number of carbonyl (C=O) groups excluding carboxylic acids is 1. The highest BCUT2D eigenvalue weighted by molar-refractivity contribution is 6.04. The van der Waals surface area contributed by atoms with Gasteiger partial charge in [-0.05, 0) is 35.9 Å². The summed E-state index contributed by atoms with van der Waals surface area (Å²) in [6, 6.07) is 15.1. The van der Waals surface area contributed by atoms with Crippen LogP contribution in [0.25, 0.3) is 11.1 Å². The van der Waals surface area contributed by atoms with E-state index < -0.39 is 11.7 Å². The zero-order chi connectivity index (χ0) is 17.9. The molecule has 0 aliphatic heterocycles. The minimum absolute atomic E-state index is 0.285. The normalized spacial score (nSPS) is 11.2. The van der Waals surface area contributed by atoms with Crippen molar-refractivity contribution in [3.8, 4) is 11.1 Å². The highest BCUT2D eigenvalue weighted by atomic mass is 19.4. The third-order valence-corrected chi connectivity index (χ3v) is 3.58. The molecule has 0 fully saturated rings. The molecule has 3 nitrogen and oxygen atoms in total. The summed E-state index contributed by atoms with van der Waals surface area (Å²) >= 11 is 0. The molecule has 6 heteroatoms. The molecule has 0 saturated carbocycles. The fraction of sp³-hybridized carbons (Fsp3) is 0.0526. The Balaban J connectivity index is 1.81. The van der Waals surface area contributed by atoms with Gasteiger partial charge in [0.05, 0.1) is 17.4 Å². The molecule has 0 aliphatic rings. The summed E-state index contributed by atoms with van der Waals surface area (Å²) in [4.78, 5) is 16.2. The van der Waals surface area contributed by atoms with Crippen molar-refractivity contribution in [2.75, 3.05) is 5.32 Å². The average Bonchev–Trinajstić information content (AvgIpc) is 2.62. The molecule has 1 amide bonds. The second kappa shape index (κ2) is 6.76. The van der Waals surface area contributed by atoms with Gasteiger partial charge in [0.1, 0.15) is 0 Å². The maximum atomic E-state index is 12.6. The van der Waals surface area contributed by atoms with E-state index in [0.29, 0.717) is 22.4 Å². The summed E-state index contributed by atoms with van der Waals surface area (Å²) in [6.45, 7) is 0. The maximum absolute atomic E-state index is 12.6. The first kappa shape index (κ1) is 16.7. The number of rotatable bonds is 3. The number of aromatic nitrogens is 1. The molecule has 1 heterocycles. The van der Waals surface area contributed by atoms with Gasteiger partial charge in [0.25, 0.3) is 5.91 Å². The van der Waals surface area contributed by atoms with E-state index in [4.69, 9.17) is 0 Å². The highest BCUT2D eigenvalue weighted by Gasteiger charge is 2.29. The second-order valence-electron chi connectivity index (χ2n) is 5.36. The van der Waals surface area contributed by atoms with Gasteiger partial charge >= 0.3 is 6.18 Å². The van der Waals surface area contributed by atoms with Crippen LogP contribution in [0.5, 0.6) is 0 Å². The predicted molar refractivity (Wildman–Crippen MR) is 89.1 cm³/mol. The van der Waals surface area contributed by atoms with E-state index in [9.17, 15) is 18.0 Å². The van der Waals surface area contributed by atoms with Crippen LogP contribution in [-0.4, -0.2) is 10.9 Å². The first-order chi connectivity index (χ1) is 11.9. The van der Waals surface area contributed by atoms with Crippen LogP contribution < -0.4 is 5.32 Å². The van der Waals surface area contributed by atoms with Crippen molar-refractivity contribution in [2.24, 2.45) is 0 Å². The van der Waals surface area contributed by atoms with Crippen molar-refractivity contribution in [2.45, 2.75) is 6.18 Å². The molecule has 0 saturated heterocycles. The van der Waals surface area contributed by atoms with Crippen LogP contribution in [0.15, 0.2) is 73.1 Å². The SMILES string of the molecule is O=C(Nc1cncc(-c2ccc(C(F)(F)F)cc2)c1)c1ccccc1. The minimum atomic E-state index is -4.37. The van der Waals surface area contributed by atoms with E-state index in [0.717, 1.165) is 12.1 Å². The van der Waals surface area contributed by atoms with Gasteiger partial charge in [-0.25, -0.2) is 0 Å². The van der Waals surface area contributed by atoms with Gasteiger partial charge in [-0.2, -0.15) is 13.2 Å². The number of amides is 1. The van der Waals surface area contributed by atoms with Gasteiger partial charge in [-0.1, -0.05) is 30.3 Å². The largest absolute Gasteiger partial charge is 0.416 e. The summed E-state index contributed by atoms with van der Waals surface area (Å²) in [5.74, 6) is -0.285. The van der Waals surface area contributed by atoms with E-state index in [1.807, 2.05) is 6.07 Å². The molecule has 0 aliphatic carbocycles. The van der Waals surface area contributed by atoms with Gasteiger partial charge in [0.2, 0.25) is 0 Å². The molecular formula is C19H13F3N2O. The summed E-state index contributed by atoms with van der Waals surface area (Å²) in [6.07, 6.45) is -1.36. The molecule has 2 aromatic carbocycles. The molecule has 25 heavy (non-hydrogen) atoms. The Morgan fingerprint density at radius 2 is 1.56 bits per heavy atom. The molecule has 0 unspecified atom stereocenters. The van der Waals surface area contributed by atoms with Gasteiger partial charge in [0, 0.05) is 17.3 Å². The van der Waals surface area contributed by atoms with Crippen molar-refractivity contribution < 1.29 is 18.0 Å². The standard InChI is InChI=1S/C19H13F3N2O/c20-19(21,22)16-8-6-13(7-9-16)15-10-17(12-23-11-15)24-18(25)14-4-2-1-3-5-14/h1-12H,(H,24,25).